The number of carboxylic acids is 1. The molecule has 21 N–H and O–H groups in total. The molecule has 91 heavy (non-hydrogen) atoms. The van der Waals surface area contributed by atoms with E-state index in [2.05, 4.69) is 60.2 Å². The Bertz CT molecular complexity index is 2610. The van der Waals surface area contributed by atoms with E-state index in [-0.39, 0.29) is 114 Å². The summed E-state index contributed by atoms with van der Waals surface area (Å²) in [6.45, 7) is 0.562. The smallest absolute Gasteiger partial charge is 0.305 e. The van der Waals surface area contributed by atoms with Gasteiger partial charge in [-0.2, -0.15) is 12.6 Å². The predicted octanol–water partition coefficient (Wildman–Crippen LogP) is -1.49. The highest BCUT2D eigenvalue weighted by atomic mass is 32.1. The van der Waals surface area contributed by atoms with Gasteiger partial charge in [-0.25, -0.2) is 0 Å². The standard InChI is InChI=1S/C61H100N16O13S/c62-27-12-10-22-40(52(65)82)70-58(88)47(36-51(80)81)75-57(87)46(35-49(64)78)76-59(89)48-25-15-30-77(48)60(90)42(23-11-13-28-63)72-53(83)41(24-14-29-68-61(66)67)71-55(85)44(33-38-18-6-2-7-19-38)74-56(86)45(34-39-20-8-3-9-21-39)73-54(84)43(69-50(79)26-31-91)32-37-16-4-1-5-17-37/h1,4-5,16-17,38-48,91H,2-3,6-15,18-36,62-63H2,(H2,64,78)(H2,65,82)(H,69,79)(H,70,88)(H,71,85)(H,72,83)(H,73,84)(H,74,86)(H,75,87)(H,76,89)(H,80,81)(H4,66,67,68)/t40-,41-,42-,43-,44-,45-,46-,47-,48-/m0/s1. The van der Waals surface area contributed by atoms with Gasteiger partial charge in [0.05, 0.1) is 12.8 Å². The van der Waals surface area contributed by atoms with Crippen molar-refractivity contribution in [3.05, 3.63) is 35.9 Å². The largest absolute Gasteiger partial charge is 0.481 e. The van der Waals surface area contributed by atoms with Gasteiger partial charge in [-0.3, -0.25) is 62.5 Å². The average Bonchev–Trinajstić information content (AvgIpc) is 3.58. The predicted molar refractivity (Wildman–Crippen MR) is 342 cm³/mol. The minimum Gasteiger partial charge on any atom is -0.481 e. The van der Waals surface area contributed by atoms with Crippen LogP contribution in [-0.2, 0) is 64.0 Å². The lowest BCUT2D eigenvalue weighted by Gasteiger charge is -2.32. The van der Waals surface area contributed by atoms with Gasteiger partial charge in [0.1, 0.15) is 54.4 Å². The van der Waals surface area contributed by atoms with Gasteiger partial charge in [-0.1, -0.05) is 94.5 Å². The Morgan fingerprint density at radius 1 is 0.527 bits per heavy atom. The van der Waals surface area contributed by atoms with Gasteiger partial charge in [0.15, 0.2) is 5.96 Å². The molecule has 1 heterocycles. The van der Waals surface area contributed by atoms with E-state index >= 15 is 0 Å². The first-order valence-corrected chi connectivity index (χ1v) is 32.8. The molecule has 3 aliphatic rings. The van der Waals surface area contributed by atoms with Crippen LogP contribution in [0, 0.1) is 11.8 Å². The first-order chi connectivity index (χ1) is 43.5. The summed E-state index contributed by atoms with van der Waals surface area (Å²) in [6, 6.07) is -3.07. The monoisotopic (exact) mass is 1300 g/mol. The molecule has 1 saturated heterocycles. The number of hydrogen-bond donors (Lipinski definition) is 16. The summed E-state index contributed by atoms with van der Waals surface area (Å²) in [6.07, 6.45) is 9.91. The van der Waals surface area contributed by atoms with Crippen LogP contribution in [0.5, 0.6) is 0 Å². The fraction of sp³-hybridized carbons (Fsp3) is 0.689. The molecule has 0 bridgehead atoms. The van der Waals surface area contributed by atoms with E-state index < -0.39 is 138 Å². The molecule has 0 spiro atoms. The molecule has 3 fully saturated rings. The molecule has 0 unspecified atom stereocenters. The summed E-state index contributed by atoms with van der Waals surface area (Å²) in [5, 5.41) is 31.1. The van der Waals surface area contributed by atoms with Gasteiger partial charge in [0, 0.05) is 25.9 Å². The van der Waals surface area contributed by atoms with E-state index in [4.69, 9.17) is 34.4 Å². The minimum absolute atomic E-state index is 0.00182. The zero-order valence-corrected chi connectivity index (χ0v) is 53.2. The van der Waals surface area contributed by atoms with Crippen molar-refractivity contribution in [3.8, 4) is 0 Å². The second-order valence-electron chi connectivity index (χ2n) is 24.1. The summed E-state index contributed by atoms with van der Waals surface area (Å²) in [7, 11) is 0. The molecule has 4 rings (SSSR count). The number of nitrogens with one attached hydrogen (secondary N) is 8. The maximum Gasteiger partial charge on any atom is 0.305 e. The number of primary amides is 2. The van der Waals surface area contributed by atoms with Crippen LogP contribution in [0.4, 0.5) is 0 Å². The van der Waals surface area contributed by atoms with E-state index in [0.717, 1.165) is 69.8 Å². The highest BCUT2D eigenvalue weighted by Crippen LogP contribution is 2.30. The van der Waals surface area contributed by atoms with Gasteiger partial charge in [-0.15, -0.1) is 0 Å². The fourth-order valence-corrected chi connectivity index (χ4v) is 12.1. The summed E-state index contributed by atoms with van der Waals surface area (Å²) < 4.78 is 0. The Morgan fingerprint density at radius 3 is 1.52 bits per heavy atom. The van der Waals surface area contributed by atoms with Crippen LogP contribution in [0.2, 0.25) is 0 Å². The maximum atomic E-state index is 15.0. The number of thiol groups is 1. The average molecular weight is 1300 g/mol. The highest BCUT2D eigenvalue weighted by molar-refractivity contribution is 7.80. The van der Waals surface area contributed by atoms with Gasteiger partial charge < -0.3 is 86.9 Å². The van der Waals surface area contributed by atoms with Gasteiger partial charge in [0.25, 0.3) is 0 Å². The van der Waals surface area contributed by atoms with Crippen molar-refractivity contribution in [3.63, 3.8) is 0 Å². The minimum atomic E-state index is -1.82. The third-order valence-corrected chi connectivity index (χ3v) is 17.0. The van der Waals surface area contributed by atoms with Crippen molar-refractivity contribution in [2.45, 2.75) is 221 Å². The van der Waals surface area contributed by atoms with E-state index in [1.807, 2.05) is 30.3 Å². The quantitative estimate of drug-likeness (QED) is 0.0154. The number of carbonyl (C=O) groups is 12. The van der Waals surface area contributed by atoms with E-state index in [9.17, 15) is 62.6 Å². The number of amides is 11. The Labute approximate surface area is 537 Å². The number of aliphatic carboxylic acids is 1. The Morgan fingerprint density at radius 2 is 1.00 bits per heavy atom. The molecule has 0 aromatic heterocycles. The van der Waals surface area contributed by atoms with Crippen molar-refractivity contribution >= 4 is 89.5 Å². The second kappa shape index (κ2) is 41.0. The molecule has 1 aromatic carbocycles. The summed E-state index contributed by atoms with van der Waals surface area (Å²) in [4.78, 5) is 170. The summed E-state index contributed by atoms with van der Waals surface area (Å²) in [5.74, 6) is -10.4. The van der Waals surface area contributed by atoms with Gasteiger partial charge in [-0.05, 0) is 113 Å². The lowest BCUT2D eigenvalue weighted by Crippen LogP contribution is -2.61. The molecular formula is C61H100N16O13S. The number of likely N-dealkylation sites (tertiary alicyclic amines) is 1. The molecular weight excluding hydrogens is 1200 g/mol. The highest BCUT2D eigenvalue weighted by Gasteiger charge is 2.41. The number of guanidine groups is 1. The van der Waals surface area contributed by atoms with Crippen LogP contribution in [0.15, 0.2) is 35.3 Å². The van der Waals surface area contributed by atoms with Crippen molar-refractivity contribution in [1.82, 2.24) is 47.4 Å². The van der Waals surface area contributed by atoms with Crippen molar-refractivity contribution in [2.24, 2.45) is 51.2 Å². The maximum absolute atomic E-state index is 15.0. The van der Waals surface area contributed by atoms with Gasteiger partial charge >= 0.3 is 5.97 Å². The number of nitrogens with zero attached hydrogens (tertiary/aromatic N) is 2. The Balaban J connectivity index is 1.62. The second-order valence-corrected chi connectivity index (χ2v) is 24.5. The van der Waals surface area contributed by atoms with Crippen LogP contribution < -0.4 is 76.9 Å². The topological polar surface area (TPSA) is 493 Å². The third kappa shape index (κ3) is 27.8. The number of carboxylic acid groups (broad SMARTS) is 1. The third-order valence-electron chi connectivity index (χ3n) is 16.8. The van der Waals surface area contributed by atoms with Crippen LogP contribution in [0.25, 0.3) is 0 Å². The van der Waals surface area contributed by atoms with Crippen LogP contribution in [0.3, 0.4) is 0 Å². The van der Waals surface area contributed by atoms with E-state index in [1.54, 1.807) is 0 Å². The summed E-state index contributed by atoms with van der Waals surface area (Å²) >= 11 is 4.20. The Kier molecular flexibility index (Phi) is 34.2. The molecule has 29 nitrogen and oxygen atoms in total. The number of nitrogens with two attached hydrogens (primary N) is 6. The van der Waals surface area contributed by atoms with Crippen molar-refractivity contribution in [2.75, 3.05) is 31.9 Å². The molecule has 2 saturated carbocycles. The number of rotatable bonds is 41. The Hall–Kier alpha value is -7.60. The molecule has 0 radical (unpaired) electrons. The van der Waals surface area contributed by atoms with Crippen molar-refractivity contribution in [1.29, 1.82) is 0 Å². The fourth-order valence-electron chi connectivity index (χ4n) is 11.9. The summed E-state index contributed by atoms with van der Waals surface area (Å²) in [5.41, 5.74) is 34.4. The number of unbranched alkanes of at least 4 members (excludes halogenated alkanes) is 2. The zero-order valence-electron chi connectivity index (χ0n) is 52.3. The number of hydrogen-bond acceptors (Lipinski definition) is 16. The SMILES string of the molecule is NCCCC[C@H](NC(=O)[C@H](CC(=O)O)NC(=O)[C@H](CC(N)=O)NC(=O)[C@@H]1CCCN1C(=O)[C@H](CCCCN)NC(=O)[C@H](CCCN=C(N)N)NC(=O)[C@H](CC1CCCCC1)NC(=O)[C@H](CC1CCCCC1)NC(=O)[C@H](Cc1ccccc1)NC(=O)CCS)C(N)=O. The molecule has 30 heteroatoms. The first kappa shape index (κ1) is 75.9. The van der Waals surface area contributed by atoms with E-state index in [1.165, 1.54) is 4.90 Å². The molecule has 508 valence electrons. The normalized spacial score (nSPS) is 17.8. The first-order valence-electron chi connectivity index (χ1n) is 32.2. The van der Waals surface area contributed by atoms with Crippen LogP contribution in [-0.4, -0.2) is 173 Å². The lowest BCUT2D eigenvalue weighted by molar-refractivity contribution is -0.143. The zero-order chi connectivity index (χ0) is 66.8. The molecule has 1 aliphatic heterocycles. The van der Waals surface area contributed by atoms with Crippen LogP contribution >= 0.6 is 12.6 Å². The van der Waals surface area contributed by atoms with Crippen molar-refractivity contribution < 1.29 is 62.6 Å². The number of benzene rings is 1. The van der Waals surface area contributed by atoms with Crippen LogP contribution in [0.1, 0.15) is 166 Å². The van der Waals surface area contributed by atoms with Gasteiger partial charge in [0.2, 0.25) is 65.0 Å². The molecule has 11 amide bonds. The number of aliphatic imine (C=N–C) groups is 1. The number of carbonyl (C=O) groups excluding carboxylic acids is 11. The van der Waals surface area contributed by atoms with E-state index in [0.29, 0.717) is 25.7 Å². The lowest BCUT2D eigenvalue weighted by atomic mass is 9.83. The molecule has 9 atom stereocenters. The molecule has 2 aliphatic carbocycles. The molecule has 1 aromatic rings.